The molecule has 0 bridgehead atoms. The summed E-state index contributed by atoms with van der Waals surface area (Å²) in [6.07, 6.45) is 3.30. The van der Waals surface area contributed by atoms with E-state index < -0.39 is 53.2 Å². The van der Waals surface area contributed by atoms with E-state index in [0.717, 1.165) is 5.56 Å². The zero-order valence-corrected chi connectivity index (χ0v) is 25.9. The molecule has 1 saturated heterocycles. The molecular formula is C33H42N4O7. The lowest BCUT2D eigenvalue weighted by Crippen LogP contribution is -2.59. The average Bonchev–Trinajstić information content (AvgIpc) is 3.35. The number of rotatable bonds is 10. The van der Waals surface area contributed by atoms with E-state index in [1.54, 1.807) is 89.2 Å². The minimum Gasteiger partial charge on any atom is -0.444 e. The average molecular weight is 607 g/mol. The highest BCUT2D eigenvalue weighted by atomic mass is 16.6. The van der Waals surface area contributed by atoms with E-state index in [0.29, 0.717) is 5.56 Å². The maximum atomic E-state index is 14.1. The number of hydrogen-bond acceptors (Lipinski definition) is 7. The molecule has 0 aromatic heterocycles. The van der Waals surface area contributed by atoms with Gasteiger partial charge in [0.25, 0.3) is 0 Å². The van der Waals surface area contributed by atoms with Gasteiger partial charge in [-0.2, -0.15) is 0 Å². The molecule has 1 aliphatic rings. The molecule has 2 aromatic rings. The van der Waals surface area contributed by atoms with Gasteiger partial charge in [0.05, 0.1) is 6.10 Å². The van der Waals surface area contributed by atoms with Gasteiger partial charge in [-0.05, 0) is 62.4 Å². The Balaban J connectivity index is 1.77. The maximum absolute atomic E-state index is 14.1. The summed E-state index contributed by atoms with van der Waals surface area (Å²) in [5.41, 5.74) is -0.0904. The first kappa shape index (κ1) is 33.9. The summed E-state index contributed by atoms with van der Waals surface area (Å²) in [6, 6.07) is 13.4. The summed E-state index contributed by atoms with van der Waals surface area (Å²) in [5, 5.41) is 18.7. The second-order valence-corrected chi connectivity index (χ2v) is 12.4. The van der Waals surface area contributed by atoms with E-state index >= 15 is 0 Å². The maximum Gasteiger partial charge on any atom is 0.413 e. The number of para-hydroxylation sites is 1. The molecule has 44 heavy (non-hydrogen) atoms. The Hall–Kier alpha value is -4.56. The second kappa shape index (κ2) is 14.8. The summed E-state index contributed by atoms with van der Waals surface area (Å²) >= 11 is 0. The quantitative estimate of drug-likeness (QED) is 0.304. The monoisotopic (exact) mass is 606 g/mol. The van der Waals surface area contributed by atoms with E-state index in [-0.39, 0.29) is 38.2 Å². The predicted molar refractivity (Wildman–Crippen MR) is 164 cm³/mol. The SMILES string of the molecule is C#Cc1ccc(CNC(=O)[C@@H]2C[C@@H](O)CN2C(=O)[C@@H](NC(=O)Oc2ccccc2)C(C)(C)CCNC(=O)OC(C)(C)C)cc1. The highest BCUT2D eigenvalue weighted by Crippen LogP contribution is 2.30. The van der Waals surface area contributed by atoms with Crippen LogP contribution in [-0.4, -0.2) is 70.9 Å². The Bertz CT molecular complexity index is 1350. The van der Waals surface area contributed by atoms with E-state index in [2.05, 4.69) is 21.9 Å². The fourth-order valence-corrected chi connectivity index (χ4v) is 4.78. The molecule has 0 saturated carbocycles. The Morgan fingerprint density at radius 3 is 2.27 bits per heavy atom. The molecule has 0 radical (unpaired) electrons. The molecule has 1 aliphatic heterocycles. The van der Waals surface area contributed by atoms with Gasteiger partial charge < -0.3 is 35.4 Å². The zero-order valence-electron chi connectivity index (χ0n) is 25.9. The van der Waals surface area contributed by atoms with Gasteiger partial charge in [-0.15, -0.1) is 6.42 Å². The first-order valence-electron chi connectivity index (χ1n) is 14.5. The fraction of sp³-hybridized carbons (Fsp3) is 0.455. The topological polar surface area (TPSA) is 146 Å². The molecule has 1 heterocycles. The summed E-state index contributed by atoms with van der Waals surface area (Å²) in [5.74, 6) is 1.82. The molecule has 0 spiro atoms. The first-order chi connectivity index (χ1) is 20.7. The number of terminal acetylenes is 1. The van der Waals surface area contributed by atoms with Crippen LogP contribution in [0.1, 0.15) is 58.6 Å². The van der Waals surface area contributed by atoms with Gasteiger partial charge in [-0.3, -0.25) is 9.59 Å². The number of nitrogens with zero attached hydrogens (tertiary/aromatic N) is 1. The third-order valence-electron chi connectivity index (χ3n) is 7.13. The van der Waals surface area contributed by atoms with Gasteiger partial charge in [-0.25, -0.2) is 9.59 Å². The van der Waals surface area contributed by atoms with Crippen LogP contribution >= 0.6 is 0 Å². The molecule has 1 fully saturated rings. The van der Waals surface area contributed by atoms with Crippen LogP contribution in [0, 0.1) is 17.8 Å². The van der Waals surface area contributed by atoms with Crippen molar-refractivity contribution in [1.29, 1.82) is 0 Å². The number of benzene rings is 2. The molecule has 11 heteroatoms. The van der Waals surface area contributed by atoms with E-state index in [4.69, 9.17) is 15.9 Å². The molecule has 0 aliphatic carbocycles. The molecule has 4 amide bonds. The van der Waals surface area contributed by atoms with Gasteiger partial charge in [0.2, 0.25) is 11.8 Å². The van der Waals surface area contributed by atoms with Crippen molar-refractivity contribution in [2.75, 3.05) is 13.1 Å². The predicted octanol–water partition coefficient (Wildman–Crippen LogP) is 3.34. The van der Waals surface area contributed by atoms with E-state index in [1.165, 1.54) is 4.90 Å². The van der Waals surface area contributed by atoms with Crippen molar-refractivity contribution in [3.05, 3.63) is 65.7 Å². The Labute approximate surface area is 258 Å². The highest BCUT2D eigenvalue weighted by molar-refractivity contribution is 5.92. The van der Waals surface area contributed by atoms with Crippen LogP contribution in [0.4, 0.5) is 9.59 Å². The number of alkyl carbamates (subject to hydrolysis) is 1. The largest absolute Gasteiger partial charge is 0.444 e. The fourth-order valence-electron chi connectivity index (χ4n) is 4.78. The van der Waals surface area contributed by atoms with Gasteiger partial charge in [0.15, 0.2) is 0 Å². The lowest BCUT2D eigenvalue weighted by atomic mass is 9.80. The second-order valence-electron chi connectivity index (χ2n) is 12.4. The number of nitrogens with one attached hydrogen (secondary N) is 3. The summed E-state index contributed by atoms with van der Waals surface area (Å²) in [4.78, 5) is 53.9. The number of ether oxygens (including phenoxy) is 2. The molecule has 236 valence electrons. The van der Waals surface area contributed by atoms with Crippen LogP contribution in [0.5, 0.6) is 5.75 Å². The Kier molecular flexibility index (Phi) is 11.4. The molecule has 2 aromatic carbocycles. The number of carbonyl (C=O) groups is 4. The number of carbonyl (C=O) groups excluding carboxylic acids is 4. The van der Waals surface area contributed by atoms with Crippen molar-refractivity contribution in [3.8, 4) is 18.1 Å². The van der Waals surface area contributed by atoms with E-state index in [1.807, 2.05) is 0 Å². The van der Waals surface area contributed by atoms with Crippen molar-refractivity contribution < 1.29 is 33.8 Å². The lowest BCUT2D eigenvalue weighted by Gasteiger charge is -2.37. The molecular weight excluding hydrogens is 564 g/mol. The minimum atomic E-state index is -1.17. The van der Waals surface area contributed by atoms with Crippen LogP contribution in [0.3, 0.4) is 0 Å². The van der Waals surface area contributed by atoms with Crippen LogP contribution < -0.4 is 20.7 Å². The van der Waals surface area contributed by atoms with E-state index in [9.17, 15) is 24.3 Å². The van der Waals surface area contributed by atoms with Crippen LogP contribution in [0.15, 0.2) is 54.6 Å². The van der Waals surface area contributed by atoms with Crippen molar-refractivity contribution in [1.82, 2.24) is 20.9 Å². The van der Waals surface area contributed by atoms with Crippen LogP contribution in [0.25, 0.3) is 0 Å². The van der Waals surface area contributed by atoms with Gasteiger partial charge in [-0.1, -0.05) is 50.1 Å². The van der Waals surface area contributed by atoms with Crippen molar-refractivity contribution >= 4 is 24.0 Å². The number of β-amino-alcohol motifs (C(OH)–C–C–N with tert-alkyl or cyclic N) is 1. The number of hydrogen-bond donors (Lipinski definition) is 4. The standard InChI is InChI=1S/C33H42N4O7/c1-7-22-13-15-23(16-14-22)20-35-28(39)26-19-24(38)21-37(26)29(40)27(36-31(42)43-25-11-9-8-10-12-25)33(5,6)17-18-34-30(41)44-32(2,3)4/h1,8-16,24,26-27,38H,17-21H2,2-6H3,(H,34,41)(H,35,39)(H,36,42)/t24-,26+,27-/m1/s1. The Morgan fingerprint density at radius 1 is 1.00 bits per heavy atom. The molecule has 3 rings (SSSR count). The first-order valence-corrected chi connectivity index (χ1v) is 14.5. The highest BCUT2D eigenvalue weighted by Gasteiger charge is 2.46. The molecule has 3 atom stereocenters. The molecule has 11 nitrogen and oxygen atoms in total. The lowest BCUT2D eigenvalue weighted by molar-refractivity contribution is -0.142. The number of aliphatic hydroxyl groups excluding tert-OH is 1. The zero-order chi connectivity index (χ0) is 32.5. The number of aliphatic hydroxyl groups is 1. The van der Waals surface area contributed by atoms with Crippen molar-refractivity contribution in [2.24, 2.45) is 5.41 Å². The van der Waals surface area contributed by atoms with Crippen molar-refractivity contribution in [2.45, 2.75) is 77.8 Å². The van der Waals surface area contributed by atoms with Gasteiger partial charge >= 0.3 is 12.2 Å². The molecule has 4 N–H and O–H groups in total. The molecule has 0 unspecified atom stereocenters. The third-order valence-corrected chi connectivity index (χ3v) is 7.13. The number of likely N-dealkylation sites (tertiary alicyclic amines) is 1. The van der Waals surface area contributed by atoms with Gasteiger partial charge in [0.1, 0.15) is 23.4 Å². The smallest absolute Gasteiger partial charge is 0.413 e. The minimum absolute atomic E-state index is 0.0371. The van der Waals surface area contributed by atoms with Crippen molar-refractivity contribution in [3.63, 3.8) is 0 Å². The van der Waals surface area contributed by atoms with Gasteiger partial charge in [0, 0.05) is 31.6 Å². The van der Waals surface area contributed by atoms with Crippen LogP contribution in [-0.2, 0) is 20.9 Å². The summed E-state index contributed by atoms with van der Waals surface area (Å²) in [7, 11) is 0. The summed E-state index contributed by atoms with van der Waals surface area (Å²) in [6.45, 7) is 9.02. The van der Waals surface area contributed by atoms with Crippen LogP contribution in [0.2, 0.25) is 0 Å². The Morgan fingerprint density at radius 2 is 1.66 bits per heavy atom. The summed E-state index contributed by atoms with van der Waals surface area (Å²) < 4.78 is 10.7. The third kappa shape index (κ3) is 10.0. The number of amides is 4. The normalized spacial score (nSPS) is 17.2.